The molecule has 1 N–H and O–H groups in total. The average Bonchev–Trinajstić information content (AvgIpc) is 2.94. The number of carbonyl (C=O) groups is 1. The van der Waals surface area contributed by atoms with E-state index in [4.69, 9.17) is 0 Å². The molecule has 0 saturated carbocycles. The molecule has 164 valence electrons. The molecule has 0 fully saturated rings. The van der Waals surface area contributed by atoms with Crippen LogP contribution in [-0.2, 0) is 27.8 Å². The molecular formula is C20H29N5O3S2. The van der Waals surface area contributed by atoms with Gasteiger partial charge in [-0.3, -0.25) is 4.79 Å². The van der Waals surface area contributed by atoms with Crippen LogP contribution in [-0.4, -0.2) is 52.2 Å². The van der Waals surface area contributed by atoms with E-state index in [1.54, 1.807) is 19.1 Å². The van der Waals surface area contributed by atoms with Crippen molar-refractivity contribution < 1.29 is 13.2 Å². The van der Waals surface area contributed by atoms with Crippen LogP contribution in [0.2, 0.25) is 0 Å². The summed E-state index contributed by atoms with van der Waals surface area (Å²) in [6.07, 6.45) is 4.32. The van der Waals surface area contributed by atoms with Gasteiger partial charge in [-0.25, -0.2) is 8.42 Å². The van der Waals surface area contributed by atoms with E-state index in [2.05, 4.69) is 20.1 Å². The number of hydrogen-bond donors (Lipinski definition) is 1. The number of aryl methyl sites for hydroxylation is 2. The zero-order chi connectivity index (χ0) is 21.7. The standard InChI is InChI=1S/C20H29N5O3S2/c1-4-24(5-2)30(27,28)17-13-16(11-10-15(17)3)21-19(26)14-29-20-23-22-18-9-7-6-8-12-25(18)20/h10-11,13H,4-9,12,14H2,1-3H3,(H,21,26). The van der Waals surface area contributed by atoms with Gasteiger partial charge >= 0.3 is 0 Å². The second-order valence-electron chi connectivity index (χ2n) is 7.27. The van der Waals surface area contributed by atoms with E-state index in [0.717, 1.165) is 36.8 Å². The molecule has 30 heavy (non-hydrogen) atoms. The number of aromatic nitrogens is 3. The van der Waals surface area contributed by atoms with Crippen molar-refractivity contribution in [2.45, 2.75) is 63.1 Å². The number of amides is 1. The van der Waals surface area contributed by atoms with Gasteiger partial charge in [0.2, 0.25) is 15.9 Å². The molecule has 0 saturated heterocycles. The van der Waals surface area contributed by atoms with Crippen molar-refractivity contribution in [3.05, 3.63) is 29.6 Å². The molecule has 0 atom stereocenters. The number of nitrogens with one attached hydrogen (secondary N) is 1. The van der Waals surface area contributed by atoms with Gasteiger partial charge in [0.1, 0.15) is 5.82 Å². The Morgan fingerprint density at radius 1 is 1.20 bits per heavy atom. The molecule has 1 aliphatic rings. The van der Waals surface area contributed by atoms with Gasteiger partial charge in [-0.1, -0.05) is 38.1 Å². The zero-order valence-electron chi connectivity index (χ0n) is 17.7. The average molecular weight is 452 g/mol. The van der Waals surface area contributed by atoms with Crippen LogP contribution in [0.5, 0.6) is 0 Å². The Kier molecular flexibility index (Phi) is 7.54. The molecule has 0 aliphatic carbocycles. The molecule has 1 aromatic carbocycles. The van der Waals surface area contributed by atoms with Gasteiger partial charge in [0.05, 0.1) is 10.6 Å². The number of rotatable bonds is 8. The molecular weight excluding hydrogens is 422 g/mol. The lowest BCUT2D eigenvalue weighted by Gasteiger charge is -2.20. The van der Waals surface area contributed by atoms with Gasteiger partial charge in [-0.05, 0) is 37.5 Å². The van der Waals surface area contributed by atoms with E-state index >= 15 is 0 Å². The van der Waals surface area contributed by atoms with Crippen molar-refractivity contribution in [2.75, 3.05) is 24.2 Å². The normalized spacial score (nSPS) is 14.4. The fourth-order valence-electron chi connectivity index (χ4n) is 3.55. The molecule has 8 nitrogen and oxygen atoms in total. The lowest BCUT2D eigenvalue weighted by atomic mass is 10.2. The first kappa shape index (κ1) is 22.8. The van der Waals surface area contributed by atoms with E-state index < -0.39 is 10.0 Å². The molecule has 1 aliphatic heterocycles. The number of sulfonamides is 1. The summed E-state index contributed by atoms with van der Waals surface area (Å²) in [4.78, 5) is 12.7. The maximum Gasteiger partial charge on any atom is 0.243 e. The number of carbonyl (C=O) groups excluding carboxylic acids is 1. The number of benzene rings is 1. The molecule has 0 unspecified atom stereocenters. The third-order valence-corrected chi connectivity index (χ3v) is 8.36. The van der Waals surface area contributed by atoms with Crippen molar-refractivity contribution in [3.8, 4) is 0 Å². The van der Waals surface area contributed by atoms with Crippen molar-refractivity contribution >= 4 is 33.4 Å². The minimum absolute atomic E-state index is 0.185. The summed E-state index contributed by atoms with van der Waals surface area (Å²) in [5, 5.41) is 12.0. The highest BCUT2D eigenvalue weighted by molar-refractivity contribution is 7.99. The van der Waals surface area contributed by atoms with Crippen molar-refractivity contribution in [1.29, 1.82) is 0 Å². The largest absolute Gasteiger partial charge is 0.325 e. The molecule has 0 radical (unpaired) electrons. The highest BCUT2D eigenvalue weighted by Gasteiger charge is 2.24. The molecule has 0 bridgehead atoms. The number of fused-ring (bicyclic) bond motifs is 1. The highest BCUT2D eigenvalue weighted by atomic mass is 32.2. The second kappa shape index (κ2) is 9.93. The van der Waals surface area contributed by atoms with E-state index in [0.29, 0.717) is 24.3 Å². The molecule has 2 aromatic rings. The van der Waals surface area contributed by atoms with E-state index in [1.165, 1.54) is 28.6 Å². The Balaban J connectivity index is 1.68. The predicted molar refractivity (Wildman–Crippen MR) is 118 cm³/mol. The number of thioether (sulfide) groups is 1. The Morgan fingerprint density at radius 2 is 1.97 bits per heavy atom. The topological polar surface area (TPSA) is 97.2 Å². The van der Waals surface area contributed by atoms with Gasteiger partial charge < -0.3 is 9.88 Å². The summed E-state index contributed by atoms with van der Waals surface area (Å²) < 4.78 is 29.3. The summed E-state index contributed by atoms with van der Waals surface area (Å²) in [7, 11) is -3.60. The first-order chi connectivity index (χ1) is 14.4. The molecule has 1 aromatic heterocycles. The van der Waals surface area contributed by atoms with Crippen molar-refractivity contribution in [1.82, 2.24) is 19.1 Å². The van der Waals surface area contributed by atoms with Crippen molar-refractivity contribution in [2.24, 2.45) is 0 Å². The summed E-state index contributed by atoms with van der Waals surface area (Å²) in [5.74, 6) is 0.964. The minimum atomic E-state index is -3.60. The third-order valence-electron chi connectivity index (χ3n) is 5.20. The quantitative estimate of drug-likeness (QED) is 0.620. The number of hydrogen-bond acceptors (Lipinski definition) is 6. The van der Waals surface area contributed by atoms with Crippen LogP contribution < -0.4 is 5.32 Å². The van der Waals surface area contributed by atoms with E-state index in [9.17, 15) is 13.2 Å². The highest BCUT2D eigenvalue weighted by Crippen LogP contribution is 2.25. The predicted octanol–water partition coefficient (Wildman–Crippen LogP) is 3.07. The lowest BCUT2D eigenvalue weighted by Crippen LogP contribution is -2.31. The van der Waals surface area contributed by atoms with Crippen LogP contribution in [0.1, 0.15) is 44.5 Å². The maximum atomic E-state index is 12.9. The summed E-state index contributed by atoms with van der Waals surface area (Å²) in [5.41, 5.74) is 1.12. The van der Waals surface area contributed by atoms with Crippen LogP contribution >= 0.6 is 11.8 Å². The van der Waals surface area contributed by atoms with E-state index in [1.807, 2.05) is 13.8 Å². The van der Waals surface area contributed by atoms with Crippen LogP contribution in [0, 0.1) is 6.92 Å². The van der Waals surface area contributed by atoms with Gasteiger partial charge in [-0.2, -0.15) is 4.31 Å². The summed E-state index contributed by atoms with van der Waals surface area (Å²) >= 11 is 1.35. The molecule has 0 spiro atoms. The Morgan fingerprint density at radius 3 is 2.70 bits per heavy atom. The molecule has 3 rings (SSSR count). The van der Waals surface area contributed by atoms with Crippen LogP contribution in [0.25, 0.3) is 0 Å². The van der Waals surface area contributed by atoms with Crippen LogP contribution in [0.15, 0.2) is 28.3 Å². The number of anilines is 1. The molecule has 10 heteroatoms. The van der Waals surface area contributed by atoms with Crippen LogP contribution in [0.4, 0.5) is 5.69 Å². The van der Waals surface area contributed by atoms with E-state index in [-0.39, 0.29) is 16.6 Å². The fourth-order valence-corrected chi connectivity index (χ4v) is 6.04. The van der Waals surface area contributed by atoms with Gasteiger partial charge in [0, 0.05) is 31.7 Å². The second-order valence-corrected chi connectivity index (χ2v) is 10.1. The Hall–Kier alpha value is -1.91. The number of nitrogens with zero attached hydrogens (tertiary/aromatic N) is 4. The van der Waals surface area contributed by atoms with Crippen molar-refractivity contribution in [3.63, 3.8) is 0 Å². The minimum Gasteiger partial charge on any atom is -0.325 e. The monoisotopic (exact) mass is 451 g/mol. The summed E-state index contributed by atoms with van der Waals surface area (Å²) in [6.45, 7) is 7.06. The fraction of sp³-hybridized carbons (Fsp3) is 0.550. The van der Waals surface area contributed by atoms with Gasteiger partial charge in [0.15, 0.2) is 5.16 Å². The van der Waals surface area contributed by atoms with Gasteiger partial charge in [-0.15, -0.1) is 10.2 Å². The maximum absolute atomic E-state index is 12.9. The lowest BCUT2D eigenvalue weighted by molar-refractivity contribution is -0.113. The smallest absolute Gasteiger partial charge is 0.243 e. The third kappa shape index (κ3) is 5.04. The summed E-state index contributed by atoms with van der Waals surface area (Å²) in [6, 6.07) is 4.98. The van der Waals surface area contributed by atoms with Gasteiger partial charge in [0.25, 0.3) is 0 Å². The Bertz CT molecular complexity index is 1000. The van der Waals surface area contributed by atoms with Crippen LogP contribution in [0.3, 0.4) is 0 Å². The first-order valence-electron chi connectivity index (χ1n) is 10.3. The SMILES string of the molecule is CCN(CC)S(=O)(=O)c1cc(NC(=O)CSc2nnc3n2CCCCC3)ccc1C. The molecule has 1 amide bonds. The first-order valence-corrected chi connectivity index (χ1v) is 12.7. The zero-order valence-corrected chi connectivity index (χ0v) is 19.4. The molecule has 2 heterocycles. The Labute approximate surface area is 182 Å².